The molecule has 168 valence electrons. The van der Waals surface area contributed by atoms with Crippen LogP contribution >= 0.6 is 15.9 Å². The van der Waals surface area contributed by atoms with Gasteiger partial charge in [0.25, 0.3) is 5.91 Å². The Morgan fingerprint density at radius 3 is 2.26 bits per heavy atom. The molecule has 0 bridgehead atoms. The summed E-state index contributed by atoms with van der Waals surface area (Å²) < 4.78 is 6.47. The van der Waals surface area contributed by atoms with Crippen molar-refractivity contribution in [1.29, 1.82) is 0 Å². The molecule has 2 N–H and O–H groups in total. The topological polar surface area (TPSA) is 70.7 Å². The summed E-state index contributed by atoms with van der Waals surface area (Å²) in [7, 11) is 0. The molecular formula is C24H32BrN3O3. The van der Waals surface area contributed by atoms with Crippen LogP contribution in [0.1, 0.15) is 38.1 Å². The van der Waals surface area contributed by atoms with E-state index in [-0.39, 0.29) is 17.7 Å². The summed E-state index contributed by atoms with van der Waals surface area (Å²) in [5, 5.41) is 5.73. The van der Waals surface area contributed by atoms with E-state index in [1.165, 1.54) is 0 Å². The molecule has 7 heteroatoms. The first kappa shape index (κ1) is 24.9. The molecule has 2 aromatic rings. The van der Waals surface area contributed by atoms with E-state index in [4.69, 9.17) is 4.74 Å². The largest absolute Gasteiger partial charge is 0.492 e. The van der Waals surface area contributed by atoms with Gasteiger partial charge in [-0.15, -0.1) is 0 Å². The fourth-order valence-electron chi connectivity index (χ4n) is 3.09. The van der Waals surface area contributed by atoms with Crippen LogP contribution < -0.4 is 15.4 Å². The van der Waals surface area contributed by atoms with E-state index in [2.05, 4.69) is 45.3 Å². The monoisotopic (exact) mass is 489 g/mol. The second-order valence-corrected chi connectivity index (χ2v) is 8.42. The number of hydrogen-bond donors (Lipinski definition) is 2. The van der Waals surface area contributed by atoms with Gasteiger partial charge in [-0.2, -0.15) is 0 Å². The Bertz CT molecular complexity index is 851. The average Bonchev–Trinajstić information content (AvgIpc) is 2.76. The average molecular weight is 490 g/mol. The molecule has 0 spiro atoms. The Kier molecular flexibility index (Phi) is 10.0. The molecule has 2 aromatic carbocycles. The van der Waals surface area contributed by atoms with Crippen LogP contribution in [-0.2, 0) is 4.79 Å². The number of nitrogens with zero attached hydrogens (tertiary/aromatic N) is 1. The van der Waals surface area contributed by atoms with Crippen LogP contribution in [0.15, 0.2) is 53.0 Å². The van der Waals surface area contributed by atoms with E-state index in [1.54, 1.807) is 30.3 Å². The predicted octanol–water partition coefficient (Wildman–Crippen LogP) is 4.56. The third-order valence-corrected chi connectivity index (χ3v) is 5.74. The number of carbonyl (C=O) groups is 2. The number of amides is 2. The van der Waals surface area contributed by atoms with Crippen LogP contribution in [0.25, 0.3) is 0 Å². The van der Waals surface area contributed by atoms with Gasteiger partial charge in [-0.25, -0.2) is 0 Å². The first-order valence-corrected chi connectivity index (χ1v) is 11.5. The van der Waals surface area contributed by atoms with Crippen molar-refractivity contribution >= 4 is 33.4 Å². The molecule has 0 aliphatic heterocycles. The lowest BCUT2D eigenvalue weighted by atomic mass is 10.0. The van der Waals surface area contributed by atoms with Gasteiger partial charge in [-0.05, 0) is 71.3 Å². The molecule has 0 saturated carbocycles. The summed E-state index contributed by atoms with van der Waals surface area (Å²) in [5.41, 5.74) is 1.15. The molecule has 0 aliphatic rings. The SMILES string of the molecule is CCN(CC)CCOc1ccc(NC(=O)C(NC(=O)c2ccccc2Br)C(C)C)cc1. The van der Waals surface area contributed by atoms with E-state index in [9.17, 15) is 9.59 Å². The minimum atomic E-state index is -0.662. The third kappa shape index (κ3) is 7.67. The summed E-state index contributed by atoms with van der Waals surface area (Å²) in [5.74, 6) is 0.130. The zero-order valence-electron chi connectivity index (χ0n) is 18.7. The van der Waals surface area contributed by atoms with Gasteiger partial charge < -0.3 is 20.3 Å². The Hall–Kier alpha value is -2.38. The molecule has 2 amide bonds. The maximum Gasteiger partial charge on any atom is 0.253 e. The second-order valence-electron chi connectivity index (χ2n) is 7.56. The highest BCUT2D eigenvalue weighted by molar-refractivity contribution is 9.10. The van der Waals surface area contributed by atoms with Crippen molar-refractivity contribution in [3.63, 3.8) is 0 Å². The molecule has 1 atom stereocenters. The fourth-order valence-corrected chi connectivity index (χ4v) is 3.55. The van der Waals surface area contributed by atoms with Gasteiger partial charge in [0.15, 0.2) is 0 Å². The lowest BCUT2D eigenvalue weighted by molar-refractivity contribution is -0.118. The van der Waals surface area contributed by atoms with Gasteiger partial charge in [0.1, 0.15) is 18.4 Å². The van der Waals surface area contributed by atoms with Crippen LogP contribution in [0.4, 0.5) is 5.69 Å². The highest BCUT2D eigenvalue weighted by atomic mass is 79.9. The number of ether oxygens (including phenoxy) is 1. The lowest BCUT2D eigenvalue weighted by Gasteiger charge is -2.22. The molecule has 6 nitrogen and oxygen atoms in total. The van der Waals surface area contributed by atoms with Crippen LogP contribution in [0.3, 0.4) is 0 Å². The van der Waals surface area contributed by atoms with Gasteiger partial charge in [-0.1, -0.05) is 39.8 Å². The van der Waals surface area contributed by atoms with Crippen molar-refractivity contribution < 1.29 is 14.3 Å². The van der Waals surface area contributed by atoms with E-state index in [1.807, 2.05) is 32.0 Å². The highest BCUT2D eigenvalue weighted by Crippen LogP contribution is 2.18. The van der Waals surface area contributed by atoms with Gasteiger partial charge in [0.05, 0.1) is 5.56 Å². The molecular weight excluding hydrogens is 458 g/mol. The minimum Gasteiger partial charge on any atom is -0.492 e. The van der Waals surface area contributed by atoms with Crippen molar-refractivity contribution in [3.8, 4) is 5.75 Å². The number of likely N-dealkylation sites (N-methyl/N-ethyl adjacent to an activating group) is 1. The highest BCUT2D eigenvalue weighted by Gasteiger charge is 2.25. The van der Waals surface area contributed by atoms with Crippen molar-refractivity contribution in [1.82, 2.24) is 10.2 Å². The number of anilines is 1. The smallest absolute Gasteiger partial charge is 0.253 e. The fraction of sp³-hybridized carbons (Fsp3) is 0.417. The summed E-state index contributed by atoms with van der Waals surface area (Å²) in [6.45, 7) is 11.6. The second kappa shape index (κ2) is 12.5. The quantitative estimate of drug-likeness (QED) is 0.485. The van der Waals surface area contributed by atoms with E-state index in [0.29, 0.717) is 22.3 Å². The maximum absolute atomic E-state index is 12.8. The van der Waals surface area contributed by atoms with Crippen LogP contribution in [-0.4, -0.2) is 49.0 Å². The Morgan fingerprint density at radius 1 is 1.03 bits per heavy atom. The van der Waals surface area contributed by atoms with Crippen LogP contribution in [0, 0.1) is 5.92 Å². The number of rotatable bonds is 11. The van der Waals surface area contributed by atoms with E-state index >= 15 is 0 Å². The normalized spacial score (nSPS) is 12.0. The predicted molar refractivity (Wildman–Crippen MR) is 129 cm³/mol. The van der Waals surface area contributed by atoms with Gasteiger partial charge >= 0.3 is 0 Å². The Labute approximate surface area is 193 Å². The molecule has 2 rings (SSSR count). The number of nitrogens with one attached hydrogen (secondary N) is 2. The van der Waals surface area contributed by atoms with E-state index < -0.39 is 6.04 Å². The van der Waals surface area contributed by atoms with Gasteiger partial charge in [0, 0.05) is 16.7 Å². The van der Waals surface area contributed by atoms with Crippen LogP contribution in [0.5, 0.6) is 5.75 Å². The van der Waals surface area contributed by atoms with Crippen molar-refractivity contribution in [2.24, 2.45) is 5.92 Å². The number of carbonyl (C=O) groups excluding carboxylic acids is 2. The first-order valence-electron chi connectivity index (χ1n) is 10.7. The molecule has 0 aliphatic carbocycles. The standard InChI is InChI=1S/C24H32BrN3O3/c1-5-28(6-2)15-16-31-19-13-11-18(12-14-19)26-24(30)22(17(3)4)27-23(29)20-9-7-8-10-21(20)25/h7-14,17,22H,5-6,15-16H2,1-4H3,(H,26,30)(H,27,29). The maximum atomic E-state index is 12.8. The first-order chi connectivity index (χ1) is 14.8. The molecule has 0 fully saturated rings. The molecule has 0 aromatic heterocycles. The summed E-state index contributed by atoms with van der Waals surface area (Å²) in [6.07, 6.45) is 0. The van der Waals surface area contributed by atoms with Crippen LogP contribution in [0.2, 0.25) is 0 Å². The zero-order chi connectivity index (χ0) is 22.8. The van der Waals surface area contributed by atoms with Crippen molar-refractivity contribution in [3.05, 3.63) is 58.6 Å². The molecule has 0 radical (unpaired) electrons. The van der Waals surface area contributed by atoms with E-state index in [0.717, 1.165) is 25.4 Å². The lowest BCUT2D eigenvalue weighted by Crippen LogP contribution is -2.47. The number of benzene rings is 2. The summed E-state index contributed by atoms with van der Waals surface area (Å²) >= 11 is 3.38. The van der Waals surface area contributed by atoms with Crippen molar-refractivity contribution in [2.75, 3.05) is 31.6 Å². The Morgan fingerprint density at radius 2 is 1.68 bits per heavy atom. The third-order valence-electron chi connectivity index (χ3n) is 5.05. The summed E-state index contributed by atoms with van der Waals surface area (Å²) in [4.78, 5) is 27.8. The minimum absolute atomic E-state index is 0.0749. The molecule has 0 saturated heterocycles. The number of halogens is 1. The molecule has 0 heterocycles. The summed E-state index contributed by atoms with van der Waals surface area (Å²) in [6, 6.07) is 13.8. The van der Waals surface area contributed by atoms with Gasteiger partial charge in [-0.3, -0.25) is 9.59 Å². The Balaban J connectivity index is 1.95. The van der Waals surface area contributed by atoms with Gasteiger partial charge in [0.2, 0.25) is 5.91 Å². The van der Waals surface area contributed by atoms with Crippen molar-refractivity contribution in [2.45, 2.75) is 33.7 Å². The molecule has 1 unspecified atom stereocenters. The molecule has 31 heavy (non-hydrogen) atoms. The number of hydrogen-bond acceptors (Lipinski definition) is 4. The zero-order valence-corrected chi connectivity index (χ0v) is 20.2.